The molecule has 2 aliphatic heterocycles. The number of carboxylic acids is 1. The number of amides is 2. The fourth-order valence-corrected chi connectivity index (χ4v) is 7.45. The third-order valence-corrected chi connectivity index (χ3v) is 10.2. The number of rotatable bonds is 12. The summed E-state index contributed by atoms with van der Waals surface area (Å²) in [5, 5.41) is 16.9. The number of thiophene rings is 1. The van der Waals surface area contributed by atoms with E-state index in [1.54, 1.807) is 0 Å². The number of morpholine rings is 1. The molecule has 5 rings (SSSR count). The number of carbonyl (C=O) groups excluding carboxylic acids is 2. The molecule has 2 saturated heterocycles. The van der Waals surface area contributed by atoms with Gasteiger partial charge >= 0.3 is 18.3 Å². The van der Waals surface area contributed by atoms with Crippen molar-refractivity contribution in [2.45, 2.75) is 25.3 Å². The molecule has 3 N–H and O–H groups in total. The number of benzene rings is 2. The van der Waals surface area contributed by atoms with Gasteiger partial charge < -0.3 is 20.5 Å². The van der Waals surface area contributed by atoms with Gasteiger partial charge in [0, 0.05) is 56.3 Å². The second-order valence-electron chi connectivity index (χ2n) is 11.5. The lowest BCUT2D eigenvalue weighted by Crippen LogP contribution is -2.40. The van der Waals surface area contributed by atoms with E-state index >= 15 is 0 Å². The van der Waals surface area contributed by atoms with Gasteiger partial charge in [0.2, 0.25) is 5.91 Å². The molecule has 2 amide bonds. The van der Waals surface area contributed by atoms with E-state index < -0.39 is 41.3 Å². The molecule has 18 heteroatoms. The second-order valence-corrected chi connectivity index (χ2v) is 14.1. The van der Waals surface area contributed by atoms with Crippen LogP contribution in [0.2, 0.25) is 0 Å². The van der Waals surface area contributed by atoms with Crippen LogP contribution in [0, 0.1) is 0 Å². The summed E-state index contributed by atoms with van der Waals surface area (Å²) in [5.74, 6) is -2.08. The van der Waals surface area contributed by atoms with Gasteiger partial charge in [0.1, 0.15) is 4.32 Å². The highest BCUT2D eigenvalue weighted by Gasteiger charge is 2.37. The summed E-state index contributed by atoms with van der Waals surface area (Å²) in [7, 11) is 0. The van der Waals surface area contributed by atoms with Crippen molar-refractivity contribution < 1.29 is 50.6 Å². The Morgan fingerprint density at radius 1 is 0.961 bits per heavy atom. The summed E-state index contributed by atoms with van der Waals surface area (Å²) < 4.78 is 85.6. The summed E-state index contributed by atoms with van der Waals surface area (Å²) in [5.41, 5.74) is -2.01. The molecule has 2 fully saturated rings. The quantitative estimate of drug-likeness (QED) is 0.0793. The monoisotopic (exact) mass is 772 g/mol. The summed E-state index contributed by atoms with van der Waals surface area (Å²) in [6, 6.07) is 7.07. The Bertz CT molecular complexity index is 1810. The molecule has 51 heavy (non-hydrogen) atoms. The standard InChI is InChI=1S/C33H30F6N4O5S3/c34-32(35,36)23-12-20(13-24(15-23)33(37,38)39)22-14-25(50-18-22)16-27-29(45)43(31(49)51-27)5-3-28(44)41-26-2-1-19(30(46)47)11-21(26)17-40-4-6-42-7-9-48-10-8-42/h1-2,11-16,18,40H,3-10,17H2,(H,41,44)(H,46,47)/b27-16-. The molecule has 272 valence electrons. The van der Waals surface area contributed by atoms with Crippen molar-refractivity contribution in [1.82, 2.24) is 15.1 Å². The molecule has 0 radical (unpaired) electrons. The van der Waals surface area contributed by atoms with Crippen molar-refractivity contribution in [2.75, 3.05) is 51.3 Å². The Labute approximate surface area is 301 Å². The minimum atomic E-state index is -4.99. The molecule has 3 aromatic rings. The molecule has 3 heterocycles. The number of anilines is 1. The van der Waals surface area contributed by atoms with E-state index in [1.807, 2.05) is 0 Å². The zero-order chi connectivity index (χ0) is 36.9. The van der Waals surface area contributed by atoms with Crippen molar-refractivity contribution >= 4 is 69.2 Å². The number of carboxylic acid groups (broad SMARTS) is 1. The normalized spacial score (nSPS) is 16.7. The zero-order valence-corrected chi connectivity index (χ0v) is 29.0. The van der Waals surface area contributed by atoms with Crippen molar-refractivity contribution in [1.29, 1.82) is 0 Å². The van der Waals surface area contributed by atoms with Crippen LogP contribution in [0.25, 0.3) is 17.2 Å². The predicted molar refractivity (Wildman–Crippen MR) is 185 cm³/mol. The van der Waals surface area contributed by atoms with Gasteiger partial charge in [-0.15, -0.1) is 11.3 Å². The van der Waals surface area contributed by atoms with Gasteiger partial charge in [0.25, 0.3) is 5.91 Å². The number of halogens is 6. The van der Waals surface area contributed by atoms with Crippen LogP contribution in [0.1, 0.15) is 38.3 Å². The van der Waals surface area contributed by atoms with Crippen LogP contribution in [0.4, 0.5) is 32.0 Å². The van der Waals surface area contributed by atoms with Gasteiger partial charge in [-0.25, -0.2) is 4.79 Å². The summed E-state index contributed by atoms with van der Waals surface area (Å²) in [6.07, 6.45) is -8.69. The van der Waals surface area contributed by atoms with E-state index in [1.165, 1.54) is 40.6 Å². The van der Waals surface area contributed by atoms with Crippen LogP contribution >= 0.6 is 35.3 Å². The summed E-state index contributed by atoms with van der Waals surface area (Å²) in [4.78, 5) is 41.8. The number of carbonyl (C=O) groups is 3. The van der Waals surface area contributed by atoms with Crippen molar-refractivity contribution in [2.24, 2.45) is 0 Å². The number of ether oxygens (including phenoxy) is 1. The number of nitrogens with zero attached hydrogens (tertiary/aromatic N) is 2. The third-order valence-electron chi connectivity index (χ3n) is 7.90. The molecular formula is C33H30F6N4O5S3. The third kappa shape index (κ3) is 10.2. The van der Waals surface area contributed by atoms with E-state index in [0.29, 0.717) is 54.6 Å². The number of hydrogen-bond donors (Lipinski definition) is 3. The number of aromatic carboxylic acids is 1. The molecule has 0 atom stereocenters. The zero-order valence-electron chi connectivity index (χ0n) is 26.5. The van der Waals surface area contributed by atoms with Gasteiger partial charge in [0.15, 0.2) is 0 Å². The maximum absolute atomic E-state index is 13.4. The van der Waals surface area contributed by atoms with Gasteiger partial charge in [-0.1, -0.05) is 24.0 Å². The van der Waals surface area contributed by atoms with E-state index in [4.69, 9.17) is 17.0 Å². The second kappa shape index (κ2) is 16.2. The average molecular weight is 773 g/mol. The largest absolute Gasteiger partial charge is 0.478 e. The minimum absolute atomic E-state index is 0.0566. The number of alkyl halides is 6. The average Bonchev–Trinajstić information content (AvgIpc) is 3.65. The van der Waals surface area contributed by atoms with E-state index in [0.717, 1.165) is 42.7 Å². The van der Waals surface area contributed by atoms with Gasteiger partial charge in [-0.05, 0) is 70.6 Å². The molecule has 0 bridgehead atoms. The van der Waals surface area contributed by atoms with Crippen LogP contribution in [0.5, 0.6) is 0 Å². The molecule has 0 spiro atoms. The van der Waals surface area contributed by atoms with Crippen LogP contribution in [-0.2, 0) is 33.2 Å². The topological polar surface area (TPSA) is 111 Å². The minimum Gasteiger partial charge on any atom is -0.478 e. The Morgan fingerprint density at radius 3 is 2.29 bits per heavy atom. The van der Waals surface area contributed by atoms with E-state index in [9.17, 15) is 45.8 Å². The van der Waals surface area contributed by atoms with Crippen LogP contribution in [0.15, 0.2) is 52.7 Å². The fraction of sp³-hybridized carbons (Fsp3) is 0.333. The highest BCUT2D eigenvalue weighted by molar-refractivity contribution is 8.26. The predicted octanol–water partition coefficient (Wildman–Crippen LogP) is 6.80. The summed E-state index contributed by atoms with van der Waals surface area (Å²) >= 11 is 7.32. The van der Waals surface area contributed by atoms with Gasteiger partial charge in [-0.2, -0.15) is 26.3 Å². The molecule has 0 aliphatic carbocycles. The highest BCUT2D eigenvalue weighted by atomic mass is 32.2. The lowest BCUT2D eigenvalue weighted by molar-refractivity contribution is -0.143. The maximum atomic E-state index is 13.4. The number of thioether (sulfide) groups is 1. The Hall–Kier alpha value is -3.81. The van der Waals surface area contributed by atoms with Gasteiger partial charge in [-0.3, -0.25) is 19.4 Å². The van der Waals surface area contributed by atoms with Gasteiger partial charge in [0.05, 0.1) is 34.8 Å². The van der Waals surface area contributed by atoms with E-state index in [2.05, 4.69) is 15.5 Å². The molecule has 2 aromatic carbocycles. The number of hydrogen-bond acceptors (Lipinski definition) is 9. The smallest absolute Gasteiger partial charge is 0.416 e. The van der Waals surface area contributed by atoms with E-state index in [-0.39, 0.29) is 44.9 Å². The first-order valence-electron chi connectivity index (χ1n) is 15.4. The Morgan fingerprint density at radius 2 is 1.65 bits per heavy atom. The highest BCUT2D eigenvalue weighted by Crippen LogP contribution is 2.40. The van der Waals surface area contributed by atoms with Crippen LogP contribution in [0.3, 0.4) is 0 Å². The molecular weight excluding hydrogens is 743 g/mol. The molecule has 1 aromatic heterocycles. The number of nitrogens with one attached hydrogen (secondary N) is 2. The SMILES string of the molecule is O=C(CCN1C(=O)/C(=C/c2cc(-c3cc(C(F)(F)F)cc(C(F)(F)F)c3)cs2)SC1=S)Nc1ccc(C(=O)O)cc1CNCCN1CCOCC1. The Balaban J connectivity index is 1.21. The lowest BCUT2D eigenvalue weighted by atomic mass is 10.0. The van der Waals surface area contributed by atoms with Crippen molar-refractivity contribution in [3.05, 3.63) is 79.9 Å². The van der Waals surface area contributed by atoms with Crippen LogP contribution < -0.4 is 10.6 Å². The fourth-order valence-electron chi connectivity index (χ4n) is 5.23. The first-order valence-corrected chi connectivity index (χ1v) is 17.5. The first-order chi connectivity index (χ1) is 24.1. The van der Waals surface area contributed by atoms with Crippen LogP contribution in [-0.4, -0.2) is 82.9 Å². The van der Waals surface area contributed by atoms with Crippen molar-refractivity contribution in [3.8, 4) is 11.1 Å². The summed E-state index contributed by atoms with van der Waals surface area (Å²) in [6.45, 7) is 4.60. The van der Waals surface area contributed by atoms with Crippen molar-refractivity contribution in [3.63, 3.8) is 0 Å². The lowest BCUT2D eigenvalue weighted by Gasteiger charge is -2.26. The molecule has 0 saturated carbocycles. The first kappa shape index (κ1) is 38.4. The molecule has 9 nitrogen and oxygen atoms in total. The number of thiocarbonyl (C=S) groups is 1. The molecule has 0 unspecified atom stereocenters. The molecule has 2 aliphatic rings. The Kier molecular flexibility index (Phi) is 12.2. The maximum Gasteiger partial charge on any atom is 0.416 e.